The van der Waals surface area contributed by atoms with Crippen LogP contribution in [-0.2, 0) is 21.2 Å². The zero-order valence-electron chi connectivity index (χ0n) is 16.7. The maximum Gasteiger partial charge on any atom is 0.249 e. The quantitative estimate of drug-likeness (QED) is 0.668. The molecule has 0 fully saturated rings. The normalized spacial score (nSPS) is 16.2. The van der Waals surface area contributed by atoms with Gasteiger partial charge in [0.25, 0.3) is 0 Å². The van der Waals surface area contributed by atoms with Crippen molar-refractivity contribution in [2.45, 2.75) is 36.3 Å². The molecule has 0 radical (unpaired) electrons. The fourth-order valence-corrected chi connectivity index (χ4v) is 5.78. The predicted molar refractivity (Wildman–Crippen MR) is 117 cm³/mol. The van der Waals surface area contributed by atoms with E-state index in [1.54, 1.807) is 20.2 Å². The topological polar surface area (TPSA) is 106 Å². The molecule has 1 atom stereocenters. The number of benzene rings is 1. The van der Waals surface area contributed by atoms with E-state index in [4.69, 9.17) is 5.14 Å². The molecule has 1 aliphatic rings. The molecule has 3 aromatic rings. The van der Waals surface area contributed by atoms with Gasteiger partial charge in [-0.1, -0.05) is 29.5 Å². The van der Waals surface area contributed by atoms with Crippen LogP contribution in [0.4, 0.5) is 5.13 Å². The Labute approximate surface area is 179 Å². The second-order valence-corrected chi connectivity index (χ2v) is 10.1. The molecular weight excluding hydrogens is 420 g/mol. The summed E-state index contributed by atoms with van der Waals surface area (Å²) < 4.78 is 23.4. The number of aromatic nitrogens is 2. The first-order valence-electron chi connectivity index (χ1n) is 9.57. The summed E-state index contributed by atoms with van der Waals surface area (Å²) in [5.41, 5.74) is 4.40. The molecular formula is C21H22N4O3S2. The van der Waals surface area contributed by atoms with Crippen LogP contribution in [-0.4, -0.2) is 31.3 Å². The second kappa shape index (κ2) is 7.90. The van der Waals surface area contributed by atoms with Crippen LogP contribution in [0, 0.1) is 6.92 Å². The number of hydrogen-bond donors (Lipinski definition) is 1. The highest BCUT2D eigenvalue weighted by Gasteiger charge is 2.31. The Morgan fingerprint density at radius 3 is 2.73 bits per heavy atom. The third kappa shape index (κ3) is 3.88. The van der Waals surface area contributed by atoms with Crippen molar-refractivity contribution in [3.8, 4) is 11.3 Å². The van der Waals surface area contributed by atoms with Crippen LogP contribution in [0.5, 0.6) is 0 Å². The summed E-state index contributed by atoms with van der Waals surface area (Å²) in [7, 11) is -2.24. The molecule has 9 heteroatoms. The summed E-state index contributed by atoms with van der Waals surface area (Å²) >= 11 is 0.921. The summed E-state index contributed by atoms with van der Waals surface area (Å²) in [4.78, 5) is 23.4. The Kier molecular flexibility index (Phi) is 5.44. The van der Waals surface area contributed by atoms with Crippen LogP contribution in [0.25, 0.3) is 11.3 Å². The molecule has 0 saturated heterocycles. The van der Waals surface area contributed by atoms with E-state index in [1.165, 1.54) is 4.90 Å². The third-order valence-corrected chi connectivity index (χ3v) is 8.12. The lowest BCUT2D eigenvalue weighted by atomic mass is 9.81. The van der Waals surface area contributed by atoms with Crippen LogP contribution < -0.4 is 10.0 Å². The number of thiazole rings is 1. The van der Waals surface area contributed by atoms with Crippen LogP contribution in [0.2, 0.25) is 0 Å². The van der Waals surface area contributed by atoms with Crippen molar-refractivity contribution in [2.75, 3.05) is 11.9 Å². The molecule has 2 aromatic heterocycles. The molecule has 0 aliphatic heterocycles. The van der Waals surface area contributed by atoms with Crippen molar-refractivity contribution in [1.82, 2.24) is 9.97 Å². The largest absolute Gasteiger partial charge is 0.291 e. The molecule has 7 nitrogen and oxygen atoms in total. The summed E-state index contributed by atoms with van der Waals surface area (Å²) in [6.45, 7) is 1.58. The number of fused-ring (bicyclic) bond motifs is 1. The van der Waals surface area contributed by atoms with Crippen molar-refractivity contribution in [2.24, 2.45) is 5.14 Å². The monoisotopic (exact) mass is 442 g/mol. The Bertz CT molecular complexity index is 1210. The lowest BCUT2D eigenvalue weighted by Gasteiger charge is -2.28. The lowest BCUT2D eigenvalue weighted by molar-refractivity contribution is -0.120. The van der Waals surface area contributed by atoms with Crippen LogP contribution in [0.15, 0.2) is 46.8 Å². The fourth-order valence-electron chi connectivity index (χ4n) is 3.87. The summed E-state index contributed by atoms with van der Waals surface area (Å²) in [5, 5.41) is 5.58. The standard InChI is InChI=1S/C21H22N4O3S2/c1-13-20(30(22,27)28)29-21(24-13)25(2)19(26)17-7-5-6-14-12-15(9-10-16(14)17)18-8-3-4-11-23-18/h3-4,8-12,17H,5-7H2,1-2H3,(H2,22,27,28)/t17-/m0/s1. The smallest absolute Gasteiger partial charge is 0.249 e. The number of aryl methyl sites for hydroxylation is 2. The molecule has 0 unspecified atom stereocenters. The minimum absolute atomic E-state index is 0.0128. The van der Waals surface area contributed by atoms with E-state index in [-0.39, 0.29) is 16.0 Å². The molecule has 0 bridgehead atoms. The Morgan fingerprint density at radius 1 is 1.27 bits per heavy atom. The van der Waals surface area contributed by atoms with Crippen molar-refractivity contribution in [3.63, 3.8) is 0 Å². The predicted octanol–water partition coefficient (Wildman–Crippen LogP) is 3.24. The Morgan fingerprint density at radius 2 is 2.07 bits per heavy atom. The van der Waals surface area contributed by atoms with E-state index in [1.807, 2.05) is 30.3 Å². The number of rotatable bonds is 4. The van der Waals surface area contributed by atoms with Crippen molar-refractivity contribution >= 4 is 32.4 Å². The van der Waals surface area contributed by atoms with Crippen molar-refractivity contribution in [1.29, 1.82) is 0 Å². The SMILES string of the molecule is Cc1nc(N(C)C(=O)[C@H]2CCCc3cc(-c4ccccn4)ccc32)sc1S(N)(=O)=O. The third-order valence-electron chi connectivity index (χ3n) is 5.33. The van der Waals surface area contributed by atoms with E-state index < -0.39 is 10.0 Å². The van der Waals surface area contributed by atoms with E-state index >= 15 is 0 Å². The number of carbonyl (C=O) groups is 1. The molecule has 2 heterocycles. The van der Waals surface area contributed by atoms with Crippen molar-refractivity contribution < 1.29 is 13.2 Å². The molecule has 1 amide bonds. The number of amides is 1. The number of nitrogens with two attached hydrogens (primary N) is 1. The number of sulfonamides is 1. The summed E-state index contributed by atoms with van der Waals surface area (Å²) in [6.07, 6.45) is 4.32. The maximum atomic E-state index is 13.3. The van der Waals surface area contributed by atoms with E-state index in [2.05, 4.69) is 16.0 Å². The van der Waals surface area contributed by atoms with Gasteiger partial charge in [-0.05, 0) is 55.5 Å². The fraction of sp³-hybridized carbons (Fsp3) is 0.286. The number of nitrogens with zero attached hydrogens (tertiary/aromatic N) is 3. The first-order valence-corrected chi connectivity index (χ1v) is 11.9. The van der Waals surface area contributed by atoms with Crippen LogP contribution >= 0.6 is 11.3 Å². The summed E-state index contributed by atoms with van der Waals surface area (Å²) in [5.74, 6) is -0.394. The van der Waals surface area contributed by atoms with Gasteiger partial charge in [-0.25, -0.2) is 18.5 Å². The number of likely N-dealkylation sites (N-methyl/N-ethyl adjacent to an activating group) is 1. The minimum atomic E-state index is -3.86. The second-order valence-electron chi connectivity index (χ2n) is 7.38. The maximum absolute atomic E-state index is 13.3. The minimum Gasteiger partial charge on any atom is -0.291 e. The van der Waals surface area contributed by atoms with Crippen LogP contribution in [0.3, 0.4) is 0 Å². The van der Waals surface area contributed by atoms with Crippen LogP contribution in [0.1, 0.15) is 35.6 Å². The van der Waals surface area contributed by atoms with Gasteiger partial charge < -0.3 is 0 Å². The van der Waals surface area contributed by atoms with Gasteiger partial charge in [0.15, 0.2) is 9.34 Å². The summed E-state index contributed by atoms with van der Waals surface area (Å²) in [6, 6.07) is 11.9. The number of anilines is 1. The van der Waals surface area contributed by atoms with Gasteiger partial charge in [-0.15, -0.1) is 0 Å². The van der Waals surface area contributed by atoms with E-state index in [0.717, 1.165) is 53.0 Å². The highest BCUT2D eigenvalue weighted by atomic mass is 32.2. The zero-order chi connectivity index (χ0) is 21.5. The first kappa shape index (κ1) is 20.6. The lowest BCUT2D eigenvalue weighted by Crippen LogP contribution is -2.33. The molecule has 2 N–H and O–H groups in total. The highest BCUT2D eigenvalue weighted by molar-refractivity contribution is 7.91. The van der Waals surface area contributed by atoms with Gasteiger partial charge in [-0.2, -0.15) is 0 Å². The molecule has 30 heavy (non-hydrogen) atoms. The van der Waals surface area contributed by atoms with Gasteiger partial charge >= 0.3 is 0 Å². The average molecular weight is 443 g/mol. The van der Waals surface area contributed by atoms with Gasteiger partial charge in [0.1, 0.15) is 0 Å². The van der Waals surface area contributed by atoms with Gasteiger partial charge in [0.2, 0.25) is 15.9 Å². The molecule has 1 aliphatic carbocycles. The van der Waals surface area contributed by atoms with Gasteiger partial charge in [-0.3, -0.25) is 14.7 Å². The van der Waals surface area contributed by atoms with Crippen molar-refractivity contribution in [3.05, 3.63) is 59.4 Å². The molecule has 4 rings (SSSR count). The van der Waals surface area contributed by atoms with E-state index in [9.17, 15) is 13.2 Å². The number of pyridine rings is 1. The first-order chi connectivity index (χ1) is 14.3. The number of hydrogen-bond acceptors (Lipinski definition) is 6. The highest BCUT2D eigenvalue weighted by Crippen LogP contribution is 2.37. The Hall–Kier alpha value is -2.62. The molecule has 156 valence electrons. The molecule has 1 aromatic carbocycles. The number of carbonyl (C=O) groups excluding carboxylic acids is 1. The average Bonchev–Trinajstić information content (AvgIpc) is 3.14. The van der Waals surface area contributed by atoms with Gasteiger partial charge in [0.05, 0.1) is 17.3 Å². The Balaban J connectivity index is 1.64. The molecule has 0 saturated carbocycles. The van der Waals surface area contributed by atoms with E-state index in [0.29, 0.717) is 10.8 Å². The zero-order valence-corrected chi connectivity index (χ0v) is 18.3. The molecule has 0 spiro atoms. The van der Waals surface area contributed by atoms with Gasteiger partial charge in [0, 0.05) is 18.8 Å². The number of primary sulfonamides is 1.